The van der Waals surface area contributed by atoms with Gasteiger partial charge in [0, 0.05) is 19.2 Å². The van der Waals surface area contributed by atoms with E-state index in [0.29, 0.717) is 6.42 Å². The molecule has 1 aliphatic rings. The summed E-state index contributed by atoms with van der Waals surface area (Å²) < 4.78 is 1.69. The SMILES string of the molecule is C[C@@H](NC(=O)N1CCCC[C@@H]1CCO)c1ccc(-n2ccnn2)cc1. The number of aliphatic hydroxyl groups excluding tert-OH is 1. The number of nitrogens with one attached hydrogen (secondary N) is 1. The highest BCUT2D eigenvalue weighted by molar-refractivity contribution is 5.75. The predicted molar refractivity (Wildman–Crippen MR) is 94.4 cm³/mol. The van der Waals surface area contributed by atoms with Crippen LogP contribution in [0.4, 0.5) is 4.79 Å². The molecule has 3 rings (SSSR count). The number of likely N-dealkylation sites (tertiary alicyclic amines) is 1. The van der Waals surface area contributed by atoms with Crippen molar-refractivity contribution >= 4 is 6.03 Å². The molecule has 2 amide bonds. The van der Waals surface area contributed by atoms with Crippen LogP contribution in [0.5, 0.6) is 0 Å². The average Bonchev–Trinajstić information content (AvgIpc) is 3.17. The van der Waals surface area contributed by atoms with E-state index in [1.165, 1.54) is 0 Å². The van der Waals surface area contributed by atoms with Crippen molar-refractivity contribution in [1.29, 1.82) is 0 Å². The van der Waals surface area contributed by atoms with Gasteiger partial charge >= 0.3 is 6.03 Å². The van der Waals surface area contributed by atoms with Gasteiger partial charge in [-0.25, -0.2) is 9.48 Å². The van der Waals surface area contributed by atoms with Gasteiger partial charge in [-0.3, -0.25) is 0 Å². The van der Waals surface area contributed by atoms with Crippen LogP contribution < -0.4 is 5.32 Å². The van der Waals surface area contributed by atoms with E-state index in [9.17, 15) is 9.90 Å². The molecule has 0 radical (unpaired) electrons. The van der Waals surface area contributed by atoms with Crippen LogP contribution in [0.3, 0.4) is 0 Å². The number of carbonyl (C=O) groups is 1. The number of nitrogens with zero attached hydrogens (tertiary/aromatic N) is 4. The molecule has 134 valence electrons. The van der Waals surface area contributed by atoms with Gasteiger partial charge in [-0.15, -0.1) is 5.10 Å². The van der Waals surface area contributed by atoms with Crippen molar-refractivity contribution in [2.75, 3.05) is 13.2 Å². The molecule has 0 saturated carbocycles. The highest BCUT2D eigenvalue weighted by atomic mass is 16.3. The van der Waals surface area contributed by atoms with E-state index >= 15 is 0 Å². The summed E-state index contributed by atoms with van der Waals surface area (Å²) in [4.78, 5) is 14.5. The van der Waals surface area contributed by atoms with Crippen LogP contribution in [0.25, 0.3) is 5.69 Å². The van der Waals surface area contributed by atoms with Crippen LogP contribution in [0.2, 0.25) is 0 Å². The molecule has 2 N–H and O–H groups in total. The Balaban J connectivity index is 1.62. The zero-order chi connectivity index (χ0) is 17.6. The molecule has 2 aromatic rings. The van der Waals surface area contributed by atoms with Crippen molar-refractivity contribution in [3.05, 3.63) is 42.2 Å². The fourth-order valence-corrected chi connectivity index (χ4v) is 3.33. The van der Waals surface area contributed by atoms with E-state index in [1.54, 1.807) is 17.1 Å². The summed E-state index contributed by atoms with van der Waals surface area (Å²) in [5.41, 5.74) is 1.96. The molecule has 0 spiro atoms. The van der Waals surface area contributed by atoms with Crippen LogP contribution >= 0.6 is 0 Å². The minimum Gasteiger partial charge on any atom is -0.396 e. The number of hydrogen-bond acceptors (Lipinski definition) is 4. The Kier molecular flexibility index (Phi) is 5.65. The Morgan fingerprint density at radius 2 is 2.16 bits per heavy atom. The number of hydrogen-bond donors (Lipinski definition) is 2. The van der Waals surface area contributed by atoms with E-state index in [2.05, 4.69) is 15.6 Å². The molecule has 1 saturated heterocycles. The first-order valence-corrected chi connectivity index (χ1v) is 8.83. The lowest BCUT2D eigenvalue weighted by Crippen LogP contribution is -2.49. The lowest BCUT2D eigenvalue weighted by atomic mass is 10.00. The standard InChI is InChI=1S/C18H25N5O2/c1-14(15-5-7-17(8-6-15)23-12-10-19-21-23)20-18(25)22-11-3-2-4-16(22)9-13-24/h5-8,10,12,14,16,24H,2-4,9,11,13H2,1H3,(H,20,25)/t14-,16-/m1/s1. The summed E-state index contributed by atoms with van der Waals surface area (Å²) in [5, 5.41) is 20.1. The van der Waals surface area contributed by atoms with E-state index in [4.69, 9.17) is 0 Å². The molecule has 0 unspecified atom stereocenters. The zero-order valence-corrected chi connectivity index (χ0v) is 14.5. The topological polar surface area (TPSA) is 83.3 Å². The van der Waals surface area contributed by atoms with Gasteiger partial charge in [0.15, 0.2) is 0 Å². The number of carbonyl (C=O) groups excluding carboxylic acids is 1. The number of rotatable bonds is 5. The first kappa shape index (κ1) is 17.4. The zero-order valence-electron chi connectivity index (χ0n) is 14.5. The first-order chi connectivity index (χ1) is 12.2. The summed E-state index contributed by atoms with van der Waals surface area (Å²) in [5.74, 6) is 0. The lowest BCUT2D eigenvalue weighted by molar-refractivity contribution is 0.130. The molecule has 1 aromatic heterocycles. The van der Waals surface area contributed by atoms with Crippen molar-refractivity contribution in [3.8, 4) is 5.69 Å². The van der Waals surface area contributed by atoms with Gasteiger partial charge in [-0.1, -0.05) is 17.3 Å². The Morgan fingerprint density at radius 3 is 2.84 bits per heavy atom. The van der Waals surface area contributed by atoms with Crippen molar-refractivity contribution < 1.29 is 9.90 Å². The second kappa shape index (κ2) is 8.11. The molecule has 7 nitrogen and oxygen atoms in total. The van der Waals surface area contributed by atoms with Gasteiger partial charge in [0.1, 0.15) is 0 Å². The molecule has 25 heavy (non-hydrogen) atoms. The minimum absolute atomic E-state index is 0.0500. The quantitative estimate of drug-likeness (QED) is 0.872. The Hall–Kier alpha value is -2.41. The van der Waals surface area contributed by atoms with Crippen LogP contribution in [-0.4, -0.2) is 50.2 Å². The monoisotopic (exact) mass is 343 g/mol. The number of aromatic nitrogens is 3. The highest BCUT2D eigenvalue weighted by Gasteiger charge is 2.27. The number of amides is 2. The van der Waals surface area contributed by atoms with Gasteiger partial charge in [-0.05, 0) is 50.3 Å². The van der Waals surface area contributed by atoms with Crippen LogP contribution in [0.15, 0.2) is 36.7 Å². The van der Waals surface area contributed by atoms with E-state index in [-0.39, 0.29) is 24.7 Å². The van der Waals surface area contributed by atoms with E-state index in [1.807, 2.05) is 36.1 Å². The maximum Gasteiger partial charge on any atom is 0.318 e. The molecule has 1 fully saturated rings. The van der Waals surface area contributed by atoms with Gasteiger partial charge in [0.25, 0.3) is 0 Å². The summed E-state index contributed by atoms with van der Waals surface area (Å²) >= 11 is 0. The van der Waals surface area contributed by atoms with Gasteiger partial charge in [-0.2, -0.15) is 0 Å². The third-order valence-electron chi connectivity index (χ3n) is 4.77. The molecule has 1 aromatic carbocycles. The predicted octanol–water partition coefficient (Wildman–Crippen LogP) is 2.27. The smallest absolute Gasteiger partial charge is 0.318 e. The lowest BCUT2D eigenvalue weighted by Gasteiger charge is -2.36. The summed E-state index contributed by atoms with van der Waals surface area (Å²) in [6.45, 7) is 2.86. The molecule has 7 heteroatoms. The number of piperidine rings is 1. The molecular weight excluding hydrogens is 318 g/mol. The van der Waals surface area contributed by atoms with Gasteiger partial charge in [0.2, 0.25) is 0 Å². The Morgan fingerprint density at radius 1 is 1.36 bits per heavy atom. The molecule has 2 heterocycles. The Labute approximate surface area is 147 Å². The van der Waals surface area contributed by atoms with Crippen molar-refractivity contribution in [2.45, 2.75) is 44.7 Å². The van der Waals surface area contributed by atoms with E-state index < -0.39 is 0 Å². The van der Waals surface area contributed by atoms with Crippen LogP contribution in [0, 0.1) is 0 Å². The van der Waals surface area contributed by atoms with Crippen molar-refractivity contribution in [2.24, 2.45) is 0 Å². The second-order valence-electron chi connectivity index (χ2n) is 6.47. The van der Waals surface area contributed by atoms with E-state index in [0.717, 1.165) is 37.1 Å². The van der Waals surface area contributed by atoms with Crippen molar-refractivity contribution in [1.82, 2.24) is 25.2 Å². The van der Waals surface area contributed by atoms with Crippen LogP contribution in [-0.2, 0) is 0 Å². The first-order valence-electron chi connectivity index (χ1n) is 8.83. The van der Waals surface area contributed by atoms with Gasteiger partial charge < -0.3 is 15.3 Å². The molecule has 1 aliphatic heterocycles. The fraction of sp³-hybridized carbons (Fsp3) is 0.500. The fourth-order valence-electron chi connectivity index (χ4n) is 3.33. The molecular formula is C18H25N5O2. The third-order valence-corrected chi connectivity index (χ3v) is 4.77. The number of urea groups is 1. The van der Waals surface area contributed by atoms with Crippen LogP contribution in [0.1, 0.15) is 44.2 Å². The molecule has 0 aliphatic carbocycles. The second-order valence-corrected chi connectivity index (χ2v) is 6.47. The normalized spacial score (nSPS) is 18.8. The molecule has 2 atom stereocenters. The van der Waals surface area contributed by atoms with Crippen molar-refractivity contribution in [3.63, 3.8) is 0 Å². The average molecular weight is 343 g/mol. The highest BCUT2D eigenvalue weighted by Crippen LogP contribution is 2.21. The maximum atomic E-state index is 12.6. The number of benzene rings is 1. The Bertz CT molecular complexity index is 669. The summed E-state index contributed by atoms with van der Waals surface area (Å²) in [6.07, 6.45) is 7.18. The van der Waals surface area contributed by atoms with Gasteiger partial charge in [0.05, 0.1) is 24.1 Å². The largest absolute Gasteiger partial charge is 0.396 e. The third kappa shape index (κ3) is 4.17. The maximum absolute atomic E-state index is 12.6. The molecule has 0 bridgehead atoms. The summed E-state index contributed by atoms with van der Waals surface area (Å²) in [7, 11) is 0. The minimum atomic E-state index is -0.0889. The number of aliphatic hydroxyl groups is 1. The summed E-state index contributed by atoms with van der Waals surface area (Å²) in [6, 6.07) is 7.90.